The molecule has 2 aliphatic carbocycles. The van der Waals surface area contributed by atoms with Crippen molar-refractivity contribution in [2.45, 2.75) is 11.5 Å². The minimum atomic E-state index is -0.618. The zero-order valence-corrected chi connectivity index (χ0v) is 19.8. The Morgan fingerprint density at radius 2 is 1.49 bits per heavy atom. The molecule has 0 amide bonds. The molecule has 9 rings (SSSR count). The van der Waals surface area contributed by atoms with Gasteiger partial charge < -0.3 is 26.8 Å². The number of nitrogens with one attached hydrogen (secondary N) is 3. The van der Waals surface area contributed by atoms with Crippen molar-refractivity contribution in [3.05, 3.63) is 113 Å². The van der Waals surface area contributed by atoms with Gasteiger partial charge >= 0.3 is 0 Å². The fourth-order valence-corrected chi connectivity index (χ4v) is 6.96. The van der Waals surface area contributed by atoms with E-state index in [1.54, 1.807) is 0 Å². The number of fused-ring (bicyclic) bond motifs is 1. The number of hydrogen-bond donors (Lipinski definition) is 5. The molecule has 6 heteroatoms. The van der Waals surface area contributed by atoms with Crippen LogP contribution >= 0.6 is 0 Å². The molecule has 4 bridgehead atoms. The van der Waals surface area contributed by atoms with Crippen LogP contribution < -0.4 is 16.8 Å². The average Bonchev–Trinajstić information content (AvgIpc) is 3.12. The number of aromatic amines is 2. The normalized spacial score (nSPS) is 18.2. The van der Waals surface area contributed by atoms with Crippen LogP contribution in [0, 0.1) is 0 Å². The lowest BCUT2D eigenvalue weighted by atomic mass is 9.66. The number of nitrogens with two attached hydrogens (primary N) is 2. The van der Waals surface area contributed by atoms with Crippen LogP contribution in [0.15, 0.2) is 83.9 Å². The van der Waals surface area contributed by atoms with E-state index in [0.29, 0.717) is 0 Å². The summed E-state index contributed by atoms with van der Waals surface area (Å²) < 4.78 is 0. The molecule has 176 valence electrons. The van der Waals surface area contributed by atoms with Gasteiger partial charge in [0.05, 0.1) is 33.9 Å². The summed E-state index contributed by atoms with van der Waals surface area (Å²) in [5.74, 6) is 0. The predicted molar refractivity (Wildman–Crippen MR) is 151 cm³/mol. The van der Waals surface area contributed by atoms with Gasteiger partial charge in [-0.3, -0.25) is 0 Å². The van der Waals surface area contributed by atoms with Crippen molar-refractivity contribution in [3.63, 3.8) is 0 Å². The second kappa shape index (κ2) is 6.23. The van der Waals surface area contributed by atoms with E-state index in [4.69, 9.17) is 16.5 Å². The van der Waals surface area contributed by atoms with E-state index >= 15 is 0 Å². The van der Waals surface area contributed by atoms with Gasteiger partial charge in [0.15, 0.2) is 0 Å². The molecule has 0 radical (unpaired) electrons. The van der Waals surface area contributed by atoms with E-state index in [2.05, 4.69) is 76.0 Å². The van der Waals surface area contributed by atoms with Gasteiger partial charge in [-0.2, -0.15) is 0 Å². The maximum absolute atomic E-state index is 6.19. The van der Waals surface area contributed by atoms with Crippen molar-refractivity contribution in [2.75, 3.05) is 16.8 Å². The third-order valence-electron chi connectivity index (χ3n) is 8.46. The third kappa shape index (κ3) is 2.16. The Hall–Kier alpha value is -4.97. The van der Waals surface area contributed by atoms with Gasteiger partial charge in [0.25, 0.3) is 0 Å². The second-order valence-electron chi connectivity index (χ2n) is 10.3. The monoisotopic (exact) mass is 478 g/mol. The molecule has 1 aromatic heterocycles. The summed E-state index contributed by atoms with van der Waals surface area (Å²) in [6.07, 6.45) is 4.26. The maximum atomic E-state index is 6.19. The lowest BCUT2D eigenvalue weighted by Crippen LogP contribution is -2.31. The summed E-state index contributed by atoms with van der Waals surface area (Å²) in [7, 11) is 0. The molecule has 6 nitrogen and oxygen atoms in total. The fraction of sp³-hybridized carbons (Fsp3) is 0.0645. The molecule has 0 saturated heterocycles. The first-order valence-corrected chi connectivity index (χ1v) is 12.5. The third-order valence-corrected chi connectivity index (χ3v) is 8.46. The highest BCUT2D eigenvalue weighted by atomic mass is 15.1. The van der Waals surface area contributed by atoms with Gasteiger partial charge in [0, 0.05) is 38.7 Å². The van der Waals surface area contributed by atoms with E-state index in [9.17, 15) is 0 Å². The molecular formula is C31H22N6. The van der Waals surface area contributed by atoms with Crippen molar-refractivity contribution >= 4 is 56.3 Å². The number of rotatable bonds is 2. The number of H-pyrrole nitrogens is 2. The van der Waals surface area contributed by atoms with Gasteiger partial charge in [0.1, 0.15) is 6.04 Å². The van der Waals surface area contributed by atoms with Crippen LogP contribution in [-0.2, 0) is 5.41 Å². The van der Waals surface area contributed by atoms with Gasteiger partial charge in [-0.1, -0.05) is 36.4 Å². The number of aromatic nitrogens is 2. The highest BCUT2D eigenvalue weighted by Gasteiger charge is 2.49. The van der Waals surface area contributed by atoms with Gasteiger partial charge in [-0.25, -0.2) is 4.99 Å². The Bertz CT molecular complexity index is 1920. The highest BCUT2D eigenvalue weighted by Crippen LogP contribution is 2.61. The first-order valence-electron chi connectivity index (χ1n) is 12.5. The van der Waals surface area contributed by atoms with Crippen LogP contribution in [0.3, 0.4) is 0 Å². The summed E-state index contributed by atoms with van der Waals surface area (Å²) in [4.78, 5) is 13.0. The van der Waals surface area contributed by atoms with Crippen molar-refractivity contribution in [2.24, 2.45) is 4.99 Å². The lowest BCUT2D eigenvalue weighted by Gasteiger charge is -2.37. The summed E-state index contributed by atoms with van der Waals surface area (Å²) in [5, 5.41) is 6.19. The summed E-state index contributed by atoms with van der Waals surface area (Å²) in [6.45, 7) is 0. The van der Waals surface area contributed by atoms with Crippen LogP contribution in [0.5, 0.6) is 0 Å². The number of nitrogens with zero attached hydrogens (tertiary/aromatic N) is 1. The molecule has 1 atom stereocenters. The Morgan fingerprint density at radius 3 is 2.22 bits per heavy atom. The molecule has 5 aromatic rings. The standard InChI is InChI=1S/C31H22N6/c32-17-8-4-15(5-9-17)31(16-6-10-18(33)11-7-16)19-2-1-3-20-25(19)26-23-14-24-28(27(26)31)35-22-13-12-21(34-20)29(36-23)30(22)37-24/h1-14,30,34,36-37H,32-33H2. The first kappa shape index (κ1) is 19.2. The maximum Gasteiger partial charge on any atom is 0.111 e. The number of aliphatic imine (C=N–C) groups is 1. The minimum absolute atomic E-state index is 0.0211. The largest absolute Gasteiger partial charge is 0.399 e. The van der Waals surface area contributed by atoms with Crippen LogP contribution in [-0.4, -0.2) is 15.7 Å². The van der Waals surface area contributed by atoms with Gasteiger partial charge in [0.2, 0.25) is 0 Å². The minimum Gasteiger partial charge on any atom is -0.399 e. The summed E-state index contributed by atoms with van der Waals surface area (Å²) in [6, 6.07) is 25.4. The van der Waals surface area contributed by atoms with E-state index in [-0.39, 0.29) is 6.04 Å². The van der Waals surface area contributed by atoms with E-state index in [1.807, 2.05) is 24.3 Å². The lowest BCUT2D eigenvalue weighted by molar-refractivity contribution is 0.771. The molecule has 1 unspecified atom stereocenters. The zero-order valence-electron chi connectivity index (χ0n) is 19.8. The van der Waals surface area contributed by atoms with Crippen molar-refractivity contribution in [1.29, 1.82) is 0 Å². The van der Waals surface area contributed by atoms with E-state index < -0.39 is 5.41 Å². The Balaban J connectivity index is 1.61. The summed E-state index contributed by atoms with van der Waals surface area (Å²) in [5.41, 5.74) is 25.3. The molecule has 0 saturated carbocycles. The van der Waals surface area contributed by atoms with Gasteiger partial charge in [-0.15, -0.1) is 0 Å². The number of nitrogen functional groups attached to an aromatic ring is 2. The molecule has 0 spiro atoms. The Kier molecular flexibility index (Phi) is 3.24. The molecular weight excluding hydrogens is 456 g/mol. The number of anilines is 3. The van der Waals surface area contributed by atoms with Crippen LogP contribution in [0.2, 0.25) is 0 Å². The smallest absolute Gasteiger partial charge is 0.111 e. The predicted octanol–water partition coefficient (Wildman–Crippen LogP) is 6.21. The topological polar surface area (TPSA) is 108 Å². The van der Waals surface area contributed by atoms with Crippen LogP contribution in [0.25, 0.3) is 27.9 Å². The van der Waals surface area contributed by atoms with E-state index in [1.165, 1.54) is 21.9 Å². The SMILES string of the molecule is Nc1ccc(C2(c3ccc(N)cc3)c3cccc4[nH]c5c6[nH]c7cc8c(c2c7c34)N=C(C=C5)C6N8)cc1. The average molecular weight is 479 g/mol. The molecule has 3 heterocycles. The quantitative estimate of drug-likeness (QED) is 0.191. The molecule has 2 aliphatic heterocycles. The van der Waals surface area contributed by atoms with Crippen LogP contribution in [0.1, 0.15) is 39.7 Å². The van der Waals surface area contributed by atoms with Gasteiger partial charge in [-0.05, 0) is 65.2 Å². The number of hydrogen-bond acceptors (Lipinski definition) is 4. The van der Waals surface area contributed by atoms with Crippen LogP contribution in [0.4, 0.5) is 22.7 Å². The van der Waals surface area contributed by atoms with Crippen molar-refractivity contribution in [3.8, 4) is 0 Å². The molecule has 37 heavy (non-hydrogen) atoms. The fourth-order valence-electron chi connectivity index (χ4n) is 6.96. The molecule has 4 aliphatic rings. The Morgan fingerprint density at radius 1 is 0.757 bits per heavy atom. The van der Waals surface area contributed by atoms with Crippen molar-refractivity contribution < 1.29 is 0 Å². The zero-order chi connectivity index (χ0) is 24.5. The first-order chi connectivity index (χ1) is 18.1. The molecule has 4 aromatic carbocycles. The molecule has 0 fully saturated rings. The Labute approximate surface area is 212 Å². The molecule has 7 N–H and O–H groups in total. The van der Waals surface area contributed by atoms with E-state index in [0.717, 1.165) is 62.0 Å². The van der Waals surface area contributed by atoms with Crippen molar-refractivity contribution in [1.82, 2.24) is 9.97 Å². The second-order valence-corrected chi connectivity index (χ2v) is 10.3. The number of benzene rings is 4. The highest BCUT2D eigenvalue weighted by molar-refractivity contribution is 6.20. The summed E-state index contributed by atoms with van der Waals surface area (Å²) >= 11 is 0.